The van der Waals surface area contributed by atoms with Crippen molar-refractivity contribution >= 4 is 27.3 Å². The van der Waals surface area contributed by atoms with E-state index < -0.39 is 21.2 Å². The number of nitrogens with zero attached hydrogens (tertiary/aromatic N) is 3. The number of aliphatic imine (C=N–C) groups is 1. The maximum atomic E-state index is 11.6. The van der Waals surface area contributed by atoms with Crippen LogP contribution in [0.25, 0.3) is 0 Å². The summed E-state index contributed by atoms with van der Waals surface area (Å²) in [5.74, 6) is 1.71. The molecule has 0 saturated heterocycles. The van der Waals surface area contributed by atoms with Crippen molar-refractivity contribution in [1.82, 2.24) is 4.90 Å². The molecule has 2 aliphatic rings. The maximum absolute atomic E-state index is 11.6. The molecule has 0 aromatic rings. The molecule has 2 aliphatic heterocycles. The number of carbonyl (C=O) groups is 1. The Balaban J connectivity index is 2.31. The van der Waals surface area contributed by atoms with Crippen molar-refractivity contribution in [3.8, 4) is 0 Å². The van der Waals surface area contributed by atoms with Crippen LogP contribution in [0.1, 0.15) is 0 Å². The van der Waals surface area contributed by atoms with E-state index in [2.05, 4.69) is 9.39 Å². The summed E-state index contributed by atoms with van der Waals surface area (Å²) in [7, 11) is 0. The molecule has 2 heterocycles. The van der Waals surface area contributed by atoms with Gasteiger partial charge in [0.25, 0.3) is 0 Å². The van der Waals surface area contributed by atoms with E-state index >= 15 is 0 Å². The van der Waals surface area contributed by atoms with E-state index in [1.807, 2.05) is 16.0 Å². The van der Waals surface area contributed by atoms with Crippen LogP contribution in [-0.2, 0) is 4.79 Å². The zero-order valence-corrected chi connectivity index (χ0v) is 10.6. The second-order valence-electron chi connectivity index (χ2n) is 2.68. The first kappa shape index (κ1) is 10.2. The predicted octanol–water partition coefficient (Wildman–Crippen LogP) is -2.48. The van der Waals surface area contributed by atoms with E-state index in [-0.39, 0.29) is 3.79 Å². The molecule has 0 amide bonds. The van der Waals surface area contributed by atoms with Crippen molar-refractivity contribution in [1.29, 1.82) is 0 Å². The Hall–Kier alpha value is -0.370. The van der Waals surface area contributed by atoms with Crippen molar-refractivity contribution in [2.24, 2.45) is 9.39 Å². The van der Waals surface area contributed by atoms with Crippen molar-refractivity contribution in [2.45, 2.75) is 0 Å². The molecule has 0 spiro atoms. The molecule has 0 unspecified atom stereocenters. The van der Waals surface area contributed by atoms with Gasteiger partial charge in [-0.25, -0.2) is 0 Å². The van der Waals surface area contributed by atoms with Gasteiger partial charge in [0, 0.05) is 0 Å². The van der Waals surface area contributed by atoms with Crippen LogP contribution in [0.4, 0.5) is 0 Å². The number of carbonyl (C=O) groups excluding carboxylic acids is 1. The summed E-state index contributed by atoms with van der Waals surface area (Å²) in [6.07, 6.45) is 3.56. The summed E-state index contributed by atoms with van der Waals surface area (Å²) in [6.45, 7) is 0.911. The Kier molecular flexibility index (Phi) is 3.22. The van der Waals surface area contributed by atoms with Crippen LogP contribution in [0.2, 0.25) is 0 Å². The van der Waals surface area contributed by atoms with Crippen molar-refractivity contribution in [2.75, 3.05) is 17.2 Å². The molecule has 14 heavy (non-hydrogen) atoms. The first-order valence-corrected chi connectivity index (χ1v) is 8.26. The first-order valence-electron chi connectivity index (χ1n) is 4.08. The molecule has 0 aliphatic carbocycles. The number of halogens is 1. The van der Waals surface area contributed by atoms with E-state index in [0.717, 1.165) is 18.1 Å². The summed E-state index contributed by atoms with van der Waals surface area (Å²) in [6, 6.07) is 0. The molecule has 0 aromatic carbocycles. The van der Waals surface area contributed by atoms with E-state index in [0.29, 0.717) is 5.71 Å². The molecule has 4 nitrogen and oxygen atoms in total. The van der Waals surface area contributed by atoms with Gasteiger partial charge in [-0.3, -0.25) is 0 Å². The zero-order chi connectivity index (χ0) is 9.97. The average molecular weight is 322 g/mol. The van der Waals surface area contributed by atoms with Crippen LogP contribution in [0.3, 0.4) is 0 Å². The van der Waals surface area contributed by atoms with Crippen molar-refractivity contribution in [3.05, 3.63) is 12.4 Å². The van der Waals surface area contributed by atoms with Crippen LogP contribution < -0.4 is 21.2 Å². The average Bonchev–Trinajstić information content (AvgIpc) is 2.27. The van der Waals surface area contributed by atoms with Gasteiger partial charge in [0.15, 0.2) is 0 Å². The summed E-state index contributed by atoms with van der Waals surface area (Å²) in [5, 5.41) is 0. The van der Waals surface area contributed by atoms with E-state index in [1.165, 1.54) is 11.9 Å². The molecule has 0 aromatic heterocycles. The second kappa shape index (κ2) is 4.43. The third kappa shape index (κ3) is 1.85. The molecular formula is C8H9IN3OS-. The Morgan fingerprint density at radius 2 is 2.57 bits per heavy atom. The fourth-order valence-electron chi connectivity index (χ4n) is 1.20. The third-order valence-corrected chi connectivity index (χ3v) is 4.02. The Morgan fingerprint density at radius 3 is 3.36 bits per heavy atom. The second-order valence-corrected chi connectivity index (χ2v) is 5.59. The molecule has 0 bridgehead atoms. The normalized spacial score (nSPS) is 20.2. The van der Waals surface area contributed by atoms with E-state index in [1.54, 1.807) is 6.20 Å². The minimum absolute atomic E-state index is 0.166. The SMILES string of the molecule is C[I-]C(=O)C1=NC=CN2CCSN=C12. The summed E-state index contributed by atoms with van der Waals surface area (Å²) in [4.78, 5) is 19.6. The van der Waals surface area contributed by atoms with Gasteiger partial charge in [0.2, 0.25) is 0 Å². The number of hydrogen-bond donors (Lipinski definition) is 0. The molecule has 2 rings (SSSR count). The van der Waals surface area contributed by atoms with Gasteiger partial charge >= 0.3 is 97.2 Å². The van der Waals surface area contributed by atoms with E-state index in [9.17, 15) is 4.79 Å². The standard InChI is InChI=1S/C8H9IN3OS/c1-9-7(13)6-8-11-14-5-4-12(8)3-2-10-6/h2-3H,4-5H2,1H3/q-1. The molecule has 0 N–H and O–H groups in total. The van der Waals surface area contributed by atoms with Gasteiger partial charge in [-0.2, -0.15) is 0 Å². The predicted molar refractivity (Wildman–Crippen MR) is 54.1 cm³/mol. The van der Waals surface area contributed by atoms with E-state index in [4.69, 9.17) is 0 Å². The Morgan fingerprint density at radius 1 is 1.71 bits per heavy atom. The fourth-order valence-corrected chi connectivity index (χ4v) is 2.78. The van der Waals surface area contributed by atoms with Gasteiger partial charge in [-0.1, -0.05) is 0 Å². The number of fused-ring (bicyclic) bond motifs is 1. The molecule has 0 saturated carbocycles. The molecular weight excluding hydrogens is 313 g/mol. The van der Waals surface area contributed by atoms with Crippen molar-refractivity contribution in [3.63, 3.8) is 0 Å². The number of alkyl halides is 1. The van der Waals surface area contributed by atoms with Gasteiger partial charge < -0.3 is 0 Å². The van der Waals surface area contributed by atoms with Gasteiger partial charge in [-0.15, -0.1) is 0 Å². The number of hydrogen-bond acceptors (Lipinski definition) is 5. The van der Waals surface area contributed by atoms with Crippen LogP contribution in [0.5, 0.6) is 0 Å². The molecule has 76 valence electrons. The van der Waals surface area contributed by atoms with Crippen LogP contribution in [-0.4, -0.2) is 37.5 Å². The summed E-state index contributed by atoms with van der Waals surface area (Å²) in [5.41, 5.74) is 0.551. The molecule has 0 radical (unpaired) electrons. The van der Waals surface area contributed by atoms with Gasteiger partial charge in [-0.05, 0) is 0 Å². The third-order valence-electron chi connectivity index (χ3n) is 1.87. The molecule has 0 fully saturated rings. The Bertz CT molecular complexity index is 350. The number of rotatable bonds is 2. The monoisotopic (exact) mass is 322 g/mol. The summed E-state index contributed by atoms with van der Waals surface area (Å²) >= 11 is 1.07. The molecule has 0 atom stereocenters. The van der Waals surface area contributed by atoms with Crippen LogP contribution in [0.15, 0.2) is 21.8 Å². The van der Waals surface area contributed by atoms with Crippen LogP contribution >= 0.6 is 11.9 Å². The quantitative estimate of drug-likeness (QED) is 0.245. The summed E-state index contributed by atoms with van der Waals surface area (Å²) < 4.78 is 4.44. The van der Waals surface area contributed by atoms with Crippen molar-refractivity contribution < 1.29 is 26.0 Å². The number of amidine groups is 1. The van der Waals surface area contributed by atoms with Gasteiger partial charge in [0.1, 0.15) is 0 Å². The Labute approximate surface area is 96.9 Å². The van der Waals surface area contributed by atoms with Crippen LogP contribution in [0, 0.1) is 0 Å². The minimum atomic E-state index is -0.435. The zero-order valence-electron chi connectivity index (χ0n) is 7.61. The first-order chi connectivity index (χ1) is 6.83. The molecule has 6 heteroatoms. The van der Waals surface area contributed by atoms with Gasteiger partial charge in [0.05, 0.1) is 0 Å². The fraction of sp³-hybridized carbons (Fsp3) is 0.375. The topological polar surface area (TPSA) is 45.0 Å².